The first kappa shape index (κ1) is 13.1. The number of nitrogens with one attached hydrogen (secondary N) is 1. The van der Waals surface area contributed by atoms with Crippen molar-refractivity contribution in [3.63, 3.8) is 0 Å². The number of thiazole rings is 1. The fourth-order valence-electron chi connectivity index (χ4n) is 2.31. The highest BCUT2D eigenvalue weighted by Gasteiger charge is 2.25. The molecule has 0 radical (unpaired) electrons. The molecule has 1 atom stereocenters. The van der Waals surface area contributed by atoms with Crippen LogP contribution < -0.4 is 10.1 Å². The number of aromatic nitrogens is 1. The summed E-state index contributed by atoms with van der Waals surface area (Å²) in [6, 6.07) is 7.88. The third kappa shape index (κ3) is 2.82. The normalized spacial score (nSPS) is 17.1. The van der Waals surface area contributed by atoms with Gasteiger partial charge in [0.2, 0.25) is 5.91 Å². The van der Waals surface area contributed by atoms with E-state index in [1.807, 2.05) is 36.6 Å². The lowest BCUT2D eigenvalue weighted by atomic mass is 9.96. The summed E-state index contributed by atoms with van der Waals surface area (Å²) in [5.41, 5.74) is 2.02. The predicted octanol–water partition coefficient (Wildman–Crippen LogP) is 2.32. The van der Waals surface area contributed by atoms with Crippen LogP contribution in [0, 0.1) is 12.8 Å². The zero-order valence-corrected chi connectivity index (χ0v) is 12.1. The van der Waals surface area contributed by atoms with Gasteiger partial charge in [-0.15, -0.1) is 11.3 Å². The van der Waals surface area contributed by atoms with Crippen LogP contribution >= 0.6 is 11.3 Å². The second-order valence-electron chi connectivity index (χ2n) is 4.90. The number of para-hydroxylation sites is 1. The van der Waals surface area contributed by atoms with E-state index in [9.17, 15) is 4.79 Å². The molecule has 0 aliphatic carbocycles. The number of hydrogen-bond donors (Lipinski definition) is 1. The third-order valence-corrected chi connectivity index (χ3v) is 4.18. The van der Waals surface area contributed by atoms with Crippen LogP contribution in [0.1, 0.15) is 16.3 Å². The number of carbonyl (C=O) groups is 1. The van der Waals surface area contributed by atoms with Crippen molar-refractivity contribution in [1.29, 1.82) is 0 Å². The SMILES string of the molecule is Cc1nc(CNC(=O)[C@@H]2COc3ccccc3C2)cs1. The van der Waals surface area contributed by atoms with E-state index >= 15 is 0 Å². The van der Waals surface area contributed by atoms with Gasteiger partial charge in [0.1, 0.15) is 12.4 Å². The first-order chi connectivity index (χ1) is 9.72. The molecular weight excluding hydrogens is 272 g/mol. The summed E-state index contributed by atoms with van der Waals surface area (Å²) >= 11 is 1.60. The summed E-state index contributed by atoms with van der Waals surface area (Å²) in [5.74, 6) is 0.807. The van der Waals surface area contributed by atoms with Crippen LogP contribution in [0.3, 0.4) is 0 Å². The topological polar surface area (TPSA) is 51.2 Å². The monoisotopic (exact) mass is 288 g/mol. The summed E-state index contributed by atoms with van der Waals surface area (Å²) < 4.78 is 5.64. The highest BCUT2D eigenvalue weighted by Crippen LogP contribution is 2.26. The van der Waals surface area contributed by atoms with E-state index < -0.39 is 0 Å². The van der Waals surface area contributed by atoms with E-state index in [0.717, 1.165) is 28.4 Å². The van der Waals surface area contributed by atoms with Gasteiger partial charge in [0, 0.05) is 5.38 Å². The van der Waals surface area contributed by atoms with Crippen LogP contribution in [-0.2, 0) is 17.8 Å². The Kier molecular flexibility index (Phi) is 3.69. The molecule has 0 unspecified atom stereocenters. The molecule has 1 N–H and O–H groups in total. The molecule has 104 valence electrons. The summed E-state index contributed by atoms with van der Waals surface area (Å²) in [5, 5.41) is 5.93. The van der Waals surface area contributed by atoms with Gasteiger partial charge in [-0.2, -0.15) is 0 Å². The van der Waals surface area contributed by atoms with E-state index in [1.54, 1.807) is 11.3 Å². The van der Waals surface area contributed by atoms with Crippen molar-refractivity contribution in [3.05, 3.63) is 45.9 Å². The lowest BCUT2D eigenvalue weighted by molar-refractivity contribution is -0.126. The molecule has 1 aromatic carbocycles. The Hall–Kier alpha value is -1.88. The van der Waals surface area contributed by atoms with Gasteiger partial charge < -0.3 is 10.1 Å². The van der Waals surface area contributed by atoms with Crippen molar-refractivity contribution in [3.8, 4) is 5.75 Å². The van der Waals surface area contributed by atoms with E-state index in [4.69, 9.17) is 4.74 Å². The van der Waals surface area contributed by atoms with Gasteiger partial charge in [0.05, 0.1) is 23.2 Å². The lowest BCUT2D eigenvalue weighted by Crippen LogP contribution is -2.37. The molecule has 3 rings (SSSR count). The molecule has 1 aliphatic heterocycles. The van der Waals surface area contributed by atoms with Crippen LogP contribution in [0.4, 0.5) is 0 Å². The highest BCUT2D eigenvalue weighted by molar-refractivity contribution is 7.09. The Morgan fingerprint density at radius 1 is 1.50 bits per heavy atom. The van der Waals surface area contributed by atoms with Crippen LogP contribution in [0.15, 0.2) is 29.6 Å². The molecule has 0 saturated heterocycles. The number of fused-ring (bicyclic) bond motifs is 1. The molecule has 0 fully saturated rings. The van der Waals surface area contributed by atoms with Gasteiger partial charge >= 0.3 is 0 Å². The molecular formula is C15H16N2O2S. The first-order valence-electron chi connectivity index (χ1n) is 6.62. The molecule has 1 amide bonds. The number of carbonyl (C=O) groups excluding carboxylic acids is 1. The van der Waals surface area contributed by atoms with Crippen LogP contribution in [0.25, 0.3) is 0 Å². The molecule has 4 nitrogen and oxygen atoms in total. The molecule has 0 saturated carbocycles. The number of ether oxygens (including phenoxy) is 1. The van der Waals surface area contributed by atoms with Crippen molar-refractivity contribution in [1.82, 2.24) is 10.3 Å². The summed E-state index contributed by atoms with van der Waals surface area (Å²) in [7, 11) is 0. The lowest BCUT2D eigenvalue weighted by Gasteiger charge is -2.24. The second-order valence-corrected chi connectivity index (χ2v) is 5.96. The zero-order valence-electron chi connectivity index (χ0n) is 11.3. The molecule has 1 aliphatic rings. The minimum atomic E-state index is -0.121. The van der Waals surface area contributed by atoms with Gasteiger partial charge in [0.25, 0.3) is 0 Å². The van der Waals surface area contributed by atoms with Crippen molar-refractivity contribution in [2.75, 3.05) is 6.61 Å². The van der Waals surface area contributed by atoms with Gasteiger partial charge in [-0.1, -0.05) is 18.2 Å². The molecule has 20 heavy (non-hydrogen) atoms. The number of hydrogen-bond acceptors (Lipinski definition) is 4. The fourth-order valence-corrected chi connectivity index (χ4v) is 2.92. The van der Waals surface area contributed by atoms with Crippen molar-refractivity contribution in [2.45, 2.75) is 19.9 Å². The Morgan fingerprint density at radius 2 is 2.35 bits per heavy atom. The van der Waals surface area contributed by atoms with Crippen molar-refractivity contribution >= 4 is 17.2 Å². The molecule has 2 heterocycles. The largest absolute Gasteiger partial charge is 0.492 e. The zero-order chi connectivity index (χ0) is 13.9. The standard InChI is InChI=1S/C15H16N2O2S/c1-10-17-13(9-20-10)7-16-15(18)12-6-11-4-2-3-5-14(11)19-8-12/h2-5,9,12H,6-8H2,1H3,(H,16,18)/t12-/m0/s1. The summed E-state index contributed by atoms with van der Waals surface area (Å²) in [6.45, 7) is 2.89. The fraction of sp³-hybridized carbons (Fsp3) is 0.333. The van der Waals surface area contributed by atoms with Gasteiger partial charge in [0.15, 0.2) is 0 Å². The maximum absolute atomic E-state index is 12.2. The van der Waals surface area contributed by atoms with E-state index in [-0.39, 0.29) is 11.8 Å². The van der Waals surface area contributed by atoms with E-state index in [2.05, 4.69) is 10.3 Å². The van der Waals surface area contributed by atoms with Gasteiger partial charge in [-0.05, 0) is 25.0 Å². The predicted molar refractivity (Wildman–Crippen MR) is 77.8 cm³/mol. The summed E-state index contributed by atoms with van der Waals surface area (Å²) in [6.07, 6.45) is 0.734. The minimum Gasteiger partial charge on any atom is -0.492 e. The number of amides is 1. The van der Waals surface area contributed by atoms with Crippen LogP contribution in [0.2, 0.25) is 0 Å². The Balaban J connectivity index is 1.59. The summed E-state index contributed by atoms with van der Waals surface area (Å²) in [4.78, 5) is 16.5. The number of aryl methyl sites for hydroxylation is 1. The average Bonchev–Trinajstić information content (AvgIpc) is 2.90. The Morgan fingerprint density at radius 3 is 3.15 bits per heavy atom. The molecule has 0 spiro atoms. The Labute approximate surface area is 121 Å². The second kappa shape index (κ2) is 5.63. The molecule has 0 bridgehead atoms. The maximum Gasteiger partial charge on any atom is 0.227 e. The third-order valence-electron chi connectivity index (χ3n) is 3.36. The van der Waals surface area contributed by atoms with Crippen LogP contribution in [0.5, 0.6) is 5.75 Å². The highest BCUT2D eigenvalue weighted by atomic mass is 32.1. The van der Waals surface area contributed by atoms with Crippen molar-refractivity contribution < 1.29 is 9.53 Å². The number of rotatable bonds is 3. The molecule has 5 heteroatoms. The van der Waals surface area contributed by atoms with Gasteiger partial charge in [-0.25, -0.2) is 4.98 Å². The molecule has 2 aromatic rings. The van der Waals surface area contributed by atoms with Crippen LogP contribution in [-0.4, -0.2) is 17.5 Å². The number of nitrogens with zero attached hydrogens (tertiary/aromatic N) is 1. The number of benzene rings is 1. The maximum atomic E-state index is 12.2. The average molecular weight is 288 g/mol. The molecule has 1 aromatic heterocycles. The quantitative estimate of drug-likeness (QED) is 0.943. The smallest absolute Gasteiger partial charge is 0.227 e. The Bertz CT molecular complexity index is 624. The van der Waals surface area contributed by atoms with Crippen molar-refractivity contribution in [2.24, 2.45) is 5.92 Å². The first-order valence-corrected chi connectivity index (χ1v) is 7.50. The minimum absolute atomic E-state index is 0.0326. The van der Waals surface area contributed by atoms with E-state index in [0.29, 0.717) is 13.2 Å². The van der Waals surface area contributed by atoms with Gasteiger partial charge in [-0.3, -0.25) is 4.79 Å². The van der Waals surface area contributed by atoms with E-state index in [1.165, 1.54) is 0 Å².